The predicted molar refractivity (Wildman–Crippen MR) is 98.4 cm³/mol. The van der Waals surface area contributed by atoms with Gasteiger partial charge in [0.2, 0.25) is 11.8 Å². The Hall–Kier alpha value is -2.57. The predicted octanol–water partition coefficient (Wildman–Crippen LogP) is 2.20. The fraction of sp³-hybridized carbons (Fsp3) is 0.526. The third-order valence-electron chi connectivity index (χ3n) is 4.14. The molecular weight excluding hydrogens is 334 g/mol. The van der Waals surface area contributed by atoms with Crippen molar-refractivity contribution in [3.8, 4) is 0 Å². The molecule has 2 rings (SSSR count). The summed E-state index contributed by atoms with van der Waals surface area (Å²) in [6, 6.07) is 6.24. The molecule has 1 aliphatic carbocycles. The van der Waals surface area contributed by atoms with Crippen LogP contribution in [-0.4, -0.2) is 29.6 Å². The zero-order valence-corrected chi connectivity index (χ0v) is 15.7. The molecule has 0 bridgehead atoms. The van der Waals surface area contributed by atoms with Gasteiger partial charge < -0.3 is 21.1 Å². The van der Waals surface area contributed by atoms with E-state index in [1.807, 2.05) is 0 Å². The molecule has 1 aliphatic rings. The number of primary amides is 1. The van der Waals surface area contributed by atoms with Crippen molar-refractivity contribution in [2.45, 2.75) is 52.2 Å². The van der Waals surface area contributed by atoms with Gasteiger partial charge in [-0.3, -0.25) is 9.59 Å². The van der Waals surface area contributed by atoms with Crippen LogP contribution in [-0.2, 0) is 20.7 Å². The van der Waals surface area contributed by atoms with Gasteiger partial charge in [-0.2, -0.15) is 0 Å². The van der Waals surface area contributed by atoms with Crippen LogP contribution >= 0.6 is 0 Å². The van der Waals surface area contributed by atoms with Gasteiger partial charge in [-0.1, -0.05) is 19.1 Å². The monoisotopic (exact) mass is 361 g/mol. The summed E-state index contributed by atoms with van der Waals surface area (Å²) in [5, 5.41) is 5.37. The number of amides is 3. The lowest BCUT2D eigenvalue weighted by atomic mass is 10.1. The molecule has 7 heteroatoms. The SMILES string of the molecule is CC1CC1C(=O)Nc1ccc(C[C@H](NC(=O)OC(C)(C)C)C(N)=O)cc1. The summed E-state index contributed by atoms with van der Waals surface area (Å²) in [5.74, 6) is -0.0562. The van der Waals surface area contributed by atoms with E-state index in [2.05, 4.69) is 17.6 Å². The normalized spacial score (nSPS) is 20.0. The summed E-state index contributed by atoms with van der Waals surface area (Å²) in [4.78, 5) is 35.4. The maximum absolute atomic E-state index is 11.9. The third kappa shape index (κ3) is 6.06. The topological polar surface area (TPSA) is 111 Å². The highest BCUT2D eigenvalue weighted by atomic mass is 16.6. The van der Waals surface area contributed by atoms with Crippen LogP contribution in [0.4, 0.5) is 10.5 Å². The standard InChI is InChI=1S/C19H27N3O4/c1-11-9-14(11)17(24)21-13-7-5-12(6-8-13)10-15(16(20)23)22-18(25)26-19(2,3)4/h5-8,11,14-15H,9-10H2,1-4H3,(H2,20,23)(H,21,24)(H,22,25)/t11?,14?,15-/m0/s1. The van der Waals surface area contributed by atoms with E-state index in [0.717, 1.165) is 12.0 Å². The molecule has 0 radical (unpaired) electrons. The number of ether oxygens (including phenoxy) is 1. The van der Waals surface area contributed by atoms with Crippen molar-refractivity contribution >= 4 is 23.6 Å². The van der Waals surface area contributed by atoms with Crippen LogP contribution in [0.15, 0.2) is 24.3 Å². The molecule has 3 atom stereocenters. The first-order valence-electron chi connectivity index (χ1n) is 8.74. The molecule has 7 nitrogen and oxygen atoms in total. The molecule has 26 heavy (non-hydrogen) atoms. The van der Waals surface area contributed by atoms with E-state index < -0.39 is 23.6 Å². The number of nitrogens with two attached hydrogens (primary N) is 1. The molecule has 0 aromatic heterocycles. The van der Waals surface area contributed by atoms with Crippen molar-refractivity contribution in [2.24, 2.45) is 17.6 Å². The zero-order valence-electron chi connectivity index (χ0n) is 15.7. The van der Waals surface area contributed by atoms with E-state index in [4.69, 9.17) is 10.5 Å². The van der Waals surface area contributed by atoms with E-state index in [0.29, 0.717) is 11.6 Å². The van der Waals surface area contributed by atoms with Gasteiger partial charge in [0.15, 0.2) is 0 Å². The van der Waals surface area contributed by atoms with Crippen LogP contribution in [0.2, 0.25) is 0 Å². The second-order valence-electron chi connectivity index (χ2n) is 7.81. The molecule has 0 aliphatic heterocycles. The Balaban J connectivity index is 1.92. The van der Waals surface area contributed by atoms with Gasteiger partial charge in [-0.15, -0.1) is 0 Å². The number of anilines is 1. The Morgan fingerprint density at radius 1 is 1.23 bits per heavy atom. The molecule has 142 valence electrons. The van der Waals surface area contributed by atoms with Crippen molar-refractivity contribution in [1.29, 1.82) is 0 Å². The first-order valence-corrected chi connectivity index (χ1v) is 8.74. The average molecular weight is 361 g/mol. The molecule has 1 aromatic rings. The number of rotatable bonds is 6. The van der Waals surface area contributed by atoms with Crippen LogP contribution in [0.1, 0.15) is 39.7 Å². The Morgan fingerprint density at radius 2 is 1.81 bits per heavy atom. The van der Waals surface area contributed by atoms with Crippen molar-refractivity contribution in [3.05, 3.63) is 29.8 Å². The minimum Gasteiger partial charge on any atom is -0.444 e. The maximum Gasteiger partial charge on any atom is 0.408 e. The minimum atomic E-state index is -0.877. The highest BCUT2D eigenvalue weighted by Crippen LogP contribution is 2.38. The molecule has 1 saturated carbocycles. The molecule has 3 amide bonds. The minimum absolute atomic E-state index is 0.0341. The smallest absolute Gasteiger partial charge is 0.408 e. The summed E-state index contributed by atoms with van der Waals surface area (Å²) in [6.45, 7) is 7.26. The van der Waals surface area contributed by atoms with Crippen molar-refractivity contribution in [1.82, 2.24) is 5.32 Å². The van der Waals surface area contributed by atoms with Crippen LogP contribution in [0.25, 0.3) is 0 Å². The Kier molecular flexibility index (Phi) is 5.90. The van der Waals surface area contributed by atoms with Gasteiger partial charge >= 0.3 is 6.09 Å². The number of alkyl carbamates (subject to hydrolysis) is 1. The largest absolute Gasteiger partial charge is 0.444 e. The fourth-order valence-electron chi connectivity index (χ4n) is 2.55. The third-order valence-corrected chi connectivity index (χ3v) is 4.14. The van der Waals surface area contributed by atoms with Crippen LogP contribution in [0.3, 0.4) is 0 Å². The number of hydrogen-bond acceptors (Lipinski definition) is 4. The van der Waals surface area contributed by atoms with Gasteiger partial charge in [-0.05, 0) is 50.8 Å². The Bertz CT molecular complexity index is 679. The quantitative estimate of drug-likeness (QED) is 0.721. The van der Waals surface area contributed by atoms with Crippen LogP contribution in [0, 0.1) is 11.8 Å². The second kappa shape index (κ2) is 7.76. The second-order valence-corrected chi connectivity index (χ2v) is 7.81. The average Bonchev–Trinajstić information content (AvgIpc) is 3.23. The molecule has 4 N–H and O–H groups in total. The van der Waals surface area contributed by atoms with E-state index in [1.54, 1.807) is 45.0 Å². The Morgan fingerprint density at radius 3 is 2.27 bits per heavy atom. The molecular formula is C19H27N3O4. The van der Waals surface area contributed by atoms with Gasteiger partial charge in [0.05, 0.1) is 0 Å². The van der Waals surface area contributed by atoms with Gasteiger partial charge in [0.25, 0.3) is 0 Å². The molecule has 2 unspecified atom stereocenters. The van der Waals surface area contributed by atoms with Crippen molar-refractivity contribution in [3.63, 3.8) is 0 Å². The summed E-state index contributed by atoms with van der Waals surface area (Å²) in [5.41, 5.74) is 6.23. The van der Waals surface area contributed by atoms with Crippen molar-refractivity contribution < 1.29 is 19.1 Å². The lowest BCUT2D eigenvalue weighted by Crippen LogP contribution is -2.47. The summed E-state index contributed by atoms with van der Waals surface area (Å²) in [7, 11) is 0. The van der Waals surface area contributed by atoms with Gasteiger partial charge in [0.1, 0.15) is 11.6 Å². The number of nitrogens with one attached hydrogen (secondary N) is 2. The van der Waals surface area contributed by atoms with Crippen molar-refractivity contribution in [2.75, 3.05) is 5.32 Å². The fourth-order valence-corrected chi connectivity index (χ4v) is 2.55. The summed E-state index contributed by atoms with van der Waals surface area (Å²) >= 11 is 0. The van der Waals surface area contributed by atoms with E-state index in [-0.39, 0.29) is 18.2 Å². The highest BCUT2D eigenvalue weighted by Gasteiger charge is 2.39. The molecule has 1 fully saturated rings. The molecule has 0 heterocycles. The Labute approximate surface area is 153 Å². The van der Waals surface area contributed by atoms with E-state index >= 15 is 0 Å². The number of benzene rings is 1. The lowest BCUT2D eigenvalue weighted by molar-refractivity contribution is -0.120. The zero-order chi connectivity index (χ0) is 19.5. The molecule has 0 spiro atoms. The molecule has 1 aromatic carbocycles. The first-order chi connectivity index (χ1) is 12.0. The van der Waals surface area contributed by atoms with Gasteiger partial charge in [-0.25, -0.2) is 4.79 Å². The highest BCUT2D eigenvalue weighted by molar-refractivity contribution is 5.94. The maximum atomic E-state index is 11.9. The number of carbonyl (C=O) groups is 3. The number of carbonyl (C=O) groups excluding carboxylic acids is 3. The summed E-state index contributed by atoms with van der Waals surface area (Å²) in [6.07, 6.45) is 0.479. The van der Waals surface area contributed by atoms with E-state index in [9.17, 15) is 14.4 Å². The molecule has 0 saturated heterocycles. The van der Waals surface area contributed by atoms with Crippen LogP contribution in [0.5, 0.6) is 0 Å². The van der Waals surface area contributed by atoms with Crippen LogP contribution < -0.4 is 16.4 Å². The summed E-state index contributed by atoms with van der Waals surface area (Å²) < 4.78 is 5.15. The van der Waals surface area contributed by atoms with E-state index in [1.165, 1.54) is 0 Å². The number of hydrogen-bond donors (Lipinski definition) is 3. The lowest BCUT2D eigenvalue weighted by Gasteiger charge is -2.22. The van der Waals surface area contributed by atoms with Gasteiger partial charge in [0, 0.05) is 18.0 Å². The first kappa shape index (κ1) is 19.8.